The summed E-state index contributed by atoms with van der Waals surface area (Å²) in [5, 5.41) is 10.3. The van der Waals surface area contributed by atoms with Crippen molar-refractivity contribution in [1.82, 2.24) is 4.98 Å². The van der Waals surface area contributed by atoms with Crippen LogP contribution in [0, 0.1) is 11.8 Å². The summed E-state index contributed by atoms with van der Waals surface area (Å²) < 4.78 is 0.607. The van der Waals surface area contributed by atoms with E-state index in [2.05, 4.69) is 16.8 Å². The lowest BCUT2D eigenvalue weighted by atomic mass is 10.2. The van der Waals surface area contributed by atoms with Crippen LogP contribution in [0.5, 0.6) is 0 Å². The van der Waals surface area contributed by atoms with E-state index < -0.39 is 6.10 Å². The predicted molar refractivity (Wildman–Crippen MR) is 54.8 cm³/mol. The molecule has 0 saturated heterocycles. The molecule has 1 atom stereocenters. The number of thiazole rings is 1. The molecule has 0 radical (unpaired) electrons. The zero-order valence-corrected chi connectivity index (χ0v) is 8.82. The molecule has 0 aromatic carbocycles. The molecule has 1 rings (SSSR count). The van der Waals surface area contributed by atoms with E-state index in [1.165, 1.54) is 11.3 Å². The third-order valence-corrected chi connectivity index (χ3v) is 2.72. The van der Waals surface area contributed by atoms with Crippen molar-refractivity contribution < 1.29 is 5.11 Å². The highest BCUT2D eigenvalue weighted by atomic mass is 35.5. The highest BCUT2D eigenvalue weighted by molar-refractivity contribution is 7.15. The Morgan fingerprint density at radius 3 is 3.08 bits per heavy atom. The molecule has 0 saturated carbocycles. The molecule has 1 aromatic rings. The summed E-state index contributed by atoms with van der Waals surface area (Å²) in [6, 6.07) is 0. The van der Waals surface area contributed by atoms with Crippen LogP contribution in [0.2, 0.25) is 4.34 Å². The van der Waals surface area contributed by atoms with E-state index >= 15 is 0 Å². The maximum atomic E-state index is 9.58. The zero-order valence-electron chi connectivity index (χ0n) is 7.25. The summed E-state index contributed by atoms with van der Waals surface area (Å²) in [4.78, 5) is 3.98. The van der Waals surface area contributed by atoms with Gasteiger partial charge in [0.05, 0.1) is 6.20 Å². The summed E-state index contributed by atoms with van der Waals surface area (Å²) in [7, 11) is 0. The predicted octanol–water partition coefficient (Wildman–Crippen LogP) is 2.63. The van der Waals surface area contributed by atoms with E-state index in [1.807, 2.05) is 0 Å². The van der Waals surface area contributed by atoms with Gasteiger partial charge in [-0.3, -0.25) is 0 Å². The van der Waals surface area contributed by atoms with Crippen molar-refractivity contribution in [2.45, 2.75) is 25.9 Å². The first-order chi connectivity index (χ1) is 6.24. The van der Waals surface area contributed by atoms with Crippen LogP contribution in [0.25, 0.3) is 0 Å². The molecule has 0 bridgehead atoms. The largest absolute Gasteiger partial charge is 0.386 e. The highest BCUT2D eigenvalue weighted by Crippen LogP contribution is 2.26. The fourth-order valence-corrected chi connectivity index (χ4v) is 1.83. The van der Waals surface area contributed by atoms with Crippen molar-refractivity contribution >= 4 is 22.9 Å². The Morgan fingerprint density at radius 2 is 2.54 bits per heavy atom. The van der Waals surface area contributed by atoms with Gasteiger partial charge < -0.3 is 5.11 Å². The van der Waals surface area contributed by atoms with Gasteiger partial charge in [0.25, 0.3) is 0 Å². The molecule has 2 nitrogen and oxygen atoms in total. The topological polar surface area (TPSA) is 33.1 Å². The van der Waals surface area contributed by atoms with Crippen LogP contribution in [0.3, 0.4) is 0 Å². The van der Waals surface area contributed by atoms with E-state index in [0.29, 0.717) is 22.2 Å². The van der Waals surface area contributed by atoms with Gasteiger partial charge in [-0.25, -0.2) is 4.98 Å². The van der Waals surface area contributed by atoms with Crippen LogP contribution in [-0.4, -0.2) is 10.1 Å². The molecule has 0 spiro atoms. The first kappa shape index (κ1) is 10.5. The molecule has 0 amide bonds. The van der Waals surface area contributed by atoms with Crippen molar-refractivity contribution in [1.29, 1.82) is 0 Å². The molecule has 4 heteroatoms. The molecule has 0 fully saturated rings. The van der Waals surface area contributed by atoms with Crippen LogP contribution < -0.4 is 0 Å². The van der Waals surface area contributed by atoms with Gasteiger partial charge in [0.2, 0.25) is 0 Å². The Hall–Kier alpha value is -0.560. The summed E-state index contributed by atoms with van der Waals surface area (Å²) in [5.74, 6) is 5.67. The quantitative estimate of drug-likeness (QED) is 0.787. The van der Waals surface area contributed by atoms with Crippen LogP contribution in [0.15, 0.2) is 6.20 Å². The van der Waals surface area contributed by atoms with Gasteiger partial charge in [-0.1, -0.05) is 11.6 Å². The van der Waals surface area contributed by atoms with Crippen molar-refractivity contribution in [2.75, 3.05) is 0 Å². The Balaban J connectivity index is 2.47. The van der Waals surface area contributed by atoms with E-state index in [0.717, 1.165) is 0 Å². The van der Waals surface area contributed by atoms with Gasteiger partial charge in [0, 0.05) is 6.42 Å². The second-order valence-corrected chi connectivity index (χ2v) is 4.18. The second kappa shape index (κ2) is 5.23. The van der Waals surface area contributed by atoms with E-state index in [1.54, 1.807) is 13.1 Å². The fourth-order valence-electron chi connectivity index (χ4n) is 0.878. The Morgan fingerprint density at radius 1 is 1.77 bits per heavy atom. The summed E-state index contributed by atoms with van der Waals surface area (Å²) in [6.45, 7) is 1.78. The average molecular weight is 216 g/mol. The molecule has 1 heterocycles. The lowest BCUT2D eigenvalue weighted by Gasteiger charge is -2.02. The monoisotopic (exact) mass is 215 g/mol. The SMILES string of the molecule is CC#CCCC(O)c1ncc(Cl)s1. The van der Waals surface area contributed by atoms with Gasteiger partial charge >= 0.3 is 0 Å². The third kappa shape index (κ3) is 3.35. The van der Waals surface area contributed by atoms with Gasteiger partial charge in [-0.15, -0.1) is 23.2 Å². The molecule has 13 heavy (non-hydrogen) atoms. The zero-order chi connectivity index (χ0) is 9.68. The number of aliphatic hydroxyl groups excluding tert-OH is 1. The van der Waals surface area contributed by atoms with E-state index in [4.69, 9.17) is 11.6 Å². The number of rotatable bonds is 3. The van der Waals surface area contributed by atoms with Crippen molar-refractivity contribution in [3.05, 3.63) is 15.5 Å². The lowest BCUT2D eigenvalue weighted by Crippen LogP contribution is -1.95. The first-order valence-electron chi connectivity index (χ1n) is 3.93. The van der Waals surface area contributed by atoms with Crippen LogP contribution in [-0.2, 0) is 0 Å². The smallest absolute Gasteiger partial charge is 0.123 e. The minimum absolute atomic E-state index is 0.529. The maximum absolute atomic E-state index is 9.58. The number of halogens is 1. The lowest BCUT2D eigenvalue weighted by molar-refractivity contribution is 0.169. The molecule has 0 aliphatic heterocycles. The minimum atomic E-state index is -0.529. The van der Waals surface area contributed by atoms with Crippen molar-refractivity contribution in [3.8, 4) is 11.8 Å². The summed E-state index contributed by atoms with van der Waals surface area (Å²) in [6.07, 6.45) is 2.33. The van der Waals surface area contributed by atoms with Gasteiger partial charge in [-0.05, 0) is 13.3 Å². The van der Waals surface area contributed by atoms with Crippen LogP contribution in [0.4, 0.5) is 0 Å². The van der Waals surface area contributed by atoms with Gasteiger partial charge in [-0.2, -0.15) is 0 Å². The molecular weight excluding hydrogens is 206 g/mol. The van der Waals surface area contributed by atoms with Gasteiger partial charge in [0.15, 0.2) is 0 Å². The van der Waals surface area contributed by atoms with Gasteiger partial charge in [0.1, 0.15) is 15.4 Å². The number of aliphatic hydroxyl groups is 1. The molecule has 0 aliphatic carbocycles. The van der Waals surface area contributed by atoms with E-state index in [9.17, 15) is 5.11 Å². The van der Waals surface area contributed by atoms with Crippen LogP contribution in [0.1, 0.15) is 30.9 Å². The molecule has 1 unspecified atom stereocenters. The van der Waals surface area contributed by atoms with E-state index in [-0.39, 0.29) is 0 Å². The minimum Gasteiger partial charge on any atom is -0.386 e. The summed E-state index contributed by atoms with van der Waals surface area (Å²) in [5.41, 5.74) is 0. The van der Waals surface area contributed by atoms with Crippen molar-refractivity contribution in [3.63, 3.8) is 0 Å². The Labute approximate surface area is 86.6 Å². The third-order valence-electron chi connectivity index (χ3n) is 1.50. The molecular formula is C9H10ClNOS. The standard InChI is InChI=1S/C9H10ClNOS/c1-2-3-4-5-7(12)9-11-6-8(10)13-9/h6-7,12H,4-5H2,1H3. The second-order valence-electron chi connectivity index (χ2n) is 2.48. The molecule has 0 aliphatic rings. The van der Waals surface area contributed by atoms with Crippen LogP contribution >= 0.6 is 22.9 Å². The number of aromatic nitrogens is 1. The maximum Gasteiger partial charge on any atom is 0.123 e. The number of nitrogens with zero attached hydrogens (tertiary/aromatic N) is 1. The number of hydrogen-bond donors (Lipinski definition) is 1. The Kier molecular flexibility index (Phi) is 4.23. The Bertz CT molecular complexity index is 326. The normalized spacial score (nSPS) is 11.9. The molecule has 70 valence electrons. The first-order valence-corrected chi connectivity index (χ1v) is 5.12. The average Bonchev–Trinajstić information content (AvgIpc) is 2.52. The summed E-state index contributed by atoms with van der Waals surface area (Å²) >= 11 is 6.99. The van der Waals surface area contributed by atoms with Crippen molar-refractivity contribution in [2.24, 2.45) is 0 Å². The number of hydrogen-bond acceptors (Lipinski definition) is 3. The molecule has 1 N–H and O–H groups in total. The highest BCUT2D eigenvalue weighted by Gasteiger charge is 2.10. The fraction of sp³-hybridized carbons (Fsp3) is 0.444. The molecule has 1 aromatic heterocycles.